The molecule has 2 heterocycles. The molecule has 0 saturated carbocycles. The molecule has 0 aromatic carbocycles. The summed E-state index contributed by atoms with van der Waals surface area (Å²) >= 11 is 6.76. The number of oxime groups is 1. The Morgan fingerprint density at radius 2 is 2.07 bits per heavy atom. The maximum Gasteiger partial charge on any atom is 0.363 e. The van der Waals surface area contributed by atoms with Gasteiger partial charge in [-0.15, -0.1) is 0 Å². The zero-order valence-electron chi connectivity index (χ0n) is 13.6. The number of aromatic nitrogens is 1. The summed E-state index contributed by atoms with van der Waals surface area (Å²) in [4.78, 5) is 44.6. The number of hydrogen-bond acceptors (Lipinski definition) is 11. The van der Waals surface area contributed by atoms with Crippen LogP contribution in [0.4, 0.5) is 5.13 Å². The topological polar surface area (TPSA) is 191 Å². The van der Waals surface area contributed by atoms with Gasteiger partial charge in [-0.1, -0.05) is 28.1 Å². The fraction of sp³-hybridized carbons (Fsp3) is 0.364. The summed E-state index contributed by atoms with van der Waals surface area (Å²) < 4.78 is 35.8. The fourth-order valence-corrected chi connectivity index (χ4v) is 3.93. The van der Waals surface area contributed by atoms with Crippen molar-refractivity contribution in [3.63, 3.8) is 0 Å². The van der Waals surface area contributed by atoms with E-state index in [4.69, 9.17) is 21.9 Å². The number of esters is 1. The van der Waals surface area contributed by atoms with Crippen molar-refractivity contribution < 1.29 is 36.9 Å². The van der Waals surface area contributed by atoms with Gasteiger partial charge in [-0.05, 0) is 0 Å². The van der Waals surface area contributed by atoms with E-state index in [1.807, 2.05) is 0 Å². The van der Waals surface area contributed by atoms with Gasteiger partial charge in [0.2, 0.25) is 0 Å². The number of ether oxygens (including phenoxy) is 1. The number of hydrogen-bond donors (Lipinski definition) is 3. The Hall–Kier alpha value is -2.49. The number of carbonyl (C=O) groups excluding carboxylic acids is 3. The summed E-state index contributed by atoms with van der Waals surface area (Å²) in [7, 11) is -2.99. The molecule has 2 atom stereocenters. The normalized spacial score (nSPS) is 20.1. The van der Waals surface area contributed by atoms with Gasteiger partial charge >= 0.3 is 16.3 Å². The lowest BCUT2D eigenvalue weighted by Gasteiger charge is -2.41. The number of nitrogen functional groups attached to an aromatic ring is 1. The molecule has 13 nitrogen and oxygen atoms in total. The number of rotatable bonds is 6. The summed E-state index contributed by atoms with van der Waals surface area (Å²) in [6, 6.07) is -3.45. The van der Waals surface area contributed by atoms with Gasteiger partial charge in [-0.2, -0.15) is 12.7 Å². The molecule has 1 saturated heterocycles. The van der Waals surface area contributed by atoms with Gasteiger partial charge in [0.15, 0.2) is 16.9 Å². The first-order valence-electron chi connectivity index (χ1n) is 6.75. The van der Waals surface area contributed by atoms with Crippen LogP contribution in [0.1, 0.15) is 5.69 Å². The SMILES string of the molecule is CO/N=C(\C(=O)N[C@H]1C(=O)N(S(=O)(=O)O)[C@H]1C(=O)OC)c1nc(N)sc1Cl. The van der Waals surface area contributed by atoms with E-state index in [2.05, 4.69) is 25.0 Å². The monoisotopic (exact) mass is 441 g/mol. The standard InChI is InChI=1S/C11H12ClN5O8S2/c1-24-10(20)6-5(9(19)17(6)27(21,22)23)14-8(18)4(16-25-2)3-7(12)26-11(13)15-3/h5-6H,1-2H3,(H2,13,15)(H,14,18)(H,21,22,23)/b16-4-/t5-,6-/m1/s1. The second kappa shape index (κ2) is 7.63. The fourth-order valence-electron chi connectivity index (χ4n) is 2.17. The number of nitrogens with one attached hydrogen (secondary N) is 1. The van der Waals surface area contributed by atoms with E-state index >= 15 is 0 Å². The molecule has 0 unspecified atom stereocenters. The van der Waals surface area contributed by atoms with Crippen LogP contribution in [0.25, 0.3) is 0 Å². The molecular weight excluding hydrogens is 430 g/mol. The maximum absolute atomic E-state index is 12.5. The molecule has 27 heavy (non-hydrogen) atoms. The molecule has 2 amide bonds. The number of nitrogens with zero attached hydrogens (tertiary/aromatic N) is 3. The molecule has 1 aromatic rings. The van der Waals surface area contributed by atoms with Crippen molar-refractivity contribution in [1.82, 2.24) is 14.6 Å². The highest BCUT2D eigenvalue weighted by Gasteiger charge is 2.58. The van der Waals surface area contributed by atoms with Gasteiger partial charge in [0.1, 0.15) is 23.2 Å². The Balaban J connectivity index is 2.32. The summed E-state index contributed by atoms with van der Waals surface area (Å²) in [5, 5.41) is 5.59. The molecule has 148 valence electrons. The van der Waals surface area contributed by atoms with Crippen LogP contribution in [0.5, 0.6) is 0 Å². The number of β-lactam (4-membered cyclic amide) rings is 1. The molecule has 0 aliphatic carbocycles. The average Bonchev–Trinajstić information content (AvgIpc) is 2.90. The summed E-state index contributed by atoms with van der Waals surface area (Å²) in [5.41, 5.74) is 4.88. The predicted molar refractivity (Wildman–Crippen MR) is 91.2 cm³/mol. The summed E-state index contributed by atoms with van der Waals surface area (Å²) in [5.74, 6) is -3.51. The zero-order chi connectivity index (χ0) is 20.5. The number of thiazole rings is 1. The minimum atomic E-state index is -5.05. The van der Waals surface area contributed by atoms with Crippen molar-refractivity contribution in [2.24, 2.45) is 5.16 Å². The molecule has 1 aliphatic rings. The highest BCUT2D eigenvalue weighted by Crippen LogP contribution is 2.28. The molecule has 0 spiro atoms. The van der Waals surface area contributed by atoms with E-state index in [0.717, 1.165) is 25.6 Å². The third kappa shape index (κ3) is 3.95. The summed E-state index contributed by atoms with van der Waals surface area (Å²) in [6.45, 7) is 0. The van der Waals surface area contributed by atoms with Gasteiger partial charge in [0, 0.05) is 0 Å². The molecule has 2 rings (SSSR count). The maximum atomic E-state index is 12.5. The average molecular weight is 442 g/mol. The smallest absolute Gasteiger partial charge is 0.363 e. The molecule has 1 fully saturated rings. The molecule has 16 heteroatoms. The quantitative estimate of drug-likeness (QED) is 0.152. The van der Waals surface area contributed by atoms with Crippen LogP contribution in [0.2, 0.25) is 4.34 Å². The third-order valence-corrected chi connectivity index (χ3v) is 5.24. The van der Waals surface area contributed by atoms with E-state index in [9.17, 15) is 22.8 Å². The first kappa shape index (κ1) is 20.8. The van der Waals surface area contributed by atoms with E-state index in [0.29, 0.717) is 0 Å². The molecule has 1 aromatic heterocycles. The van der Waals surface area contributed by atoms with Crippen LogP contribution in [0.3, 0.4) is 0 Å². The van der Waals surface area contributed by atoms with E-state index < -0.39 is 45.9 Å². The van der Waals surface area contributed by atoms with Crippen LogP contribution in [0.15, 0.2) is 5.16 Å². The third-order valence-electron chi connectivity index (χ3n) is 3.25. The Kier molecular flexibility index (Phi) is 5.88. The highest BCUT2D eigenvalue weighted by atomic mass is 35.5. The van der Waals surface area contributed by atoms with Crippen molar-refractivity contribution in [2.45, 2.75) is 12.1 Å². The highest BCUT2D eigenvalue weighted by molar-refractivity contribution is 7.84. The first-order chi connectivity index (χ1) is 12.5. The minimum absolute atomic E-state index is 0.00228. The Morgan fingerprint density at radius 3 is 2.52 bits per heavy atom. The Morgan fingerprint density at radius 1 is 1.44 bits per heavy atom. The van der Waals surface area contributed by atoms with Gasteiger partial charge in [0.25, 0.3) is 11.8 Å². The minimum Gasteiger partial charge on any atom is -0.467 e. The lowest BCUT2D eigenvalue weighted by atomic mass is 9.98. The van der Waals surface area contributed by atoms with E-state index in [1.165, 1.54) is 0 Å². The predicted octanol–water partition coefficient (Wildman–Crippen LogP) is -1.60. The van der Waals surface area contributed by atoms with Crippen molar-refractivity contribution in [2.75, 3.05) is 20.0 Å². The number of amides is 2. The van der Waals surface area contributed by atoms with Gasteiger partial charge < -0.3 is 20.6 Å². The van der Waals surface area contributed by atoms with E-state index in [1.54, 1.807) is 0 Å². The van der Waals surface area contributed by atoms with Crippen LogP contribution in [-0.2, 0) is 34.3 Å². The summed E-state index contributed by atoms with van der Waals surface area (Å²) in [6.07, 6.45) is 0. The van der Waals surface area contributed by atoms with Crippen molar-refractivity contribution in [1.29, 1.82) is 0 Å². The number of carbonyl (C=O) groups is 3. The molecule has 0 radical (unpaired) electrons. The first-order valence-corrected chi connectivity index (χ1v) is 9.34. The second-order valence-electron chi connectivity index (χ2n) is 4.83. The lowest BCUT2D eigenvalue weighted by Crippen LogP contribution is -2.74. The largest absolute Gasteiger partial charge is 0.467 e. The van der Waals surface area contributed by atoms with Gasteiger partial charge in [-0.3, -0.25) is 14.1 Å². The Bertz CT molecular complexity index is 929. The molecule has 0 bridgehead atoms. The number of anilines is 1. The van der Waals surface area contributed by atoms with Gasteiger partial charge in [-0.25, -0.2) is 9.78 Å². The van der Waals surface area contributed by atoms with Crippen molar-refractivity contribution in [3.05, 3.63) is 10.0 Å². The molecular formula is C11H12ClN5O8S2. The van der Waals surface area contributed by atoms with Crippen LogP contribution < -0.4 is 11.1 Å². The number of nitrogens with two attached hydrogens (primary N) is 1. The van der Waals surface area contributed by atoms with Crippen molar-refractivity contribution in [3.8, 4) is 0 Å². The van der Waals surface area contributed by atoms with Crippen LogP contribution >= 0.6 is 22.9 Å². The van der Waals surface area contributed by atoms with E-state index in [-0.39, 0.29) is 19.5 Å². The number of methoxy groups -OCH3 is 1. The van der Waals surface area contributed by atoms with Crippen LogP contribution in [-0.4, -0.2) is 72.1 Å². The van der Waals surface area contributed by atoms with Crippen LogP contribution in [0, 0.1) is 0 Å². The van der Waals surface area contributed by atoms with Crippen molar-refractivity contribution >= 4 is 61.9 Å². The molecule has 4 N–H and O–H groups in total. The lowest BCUT2D eigenvalue weighted by molar-refractivity contribution is -0.162. The number of halogens is 1. The molecule has 1 aliphatic heterocycles. The zero-order valence-corrected chi connectivity index (χ0v) is 16.0. The Labute approximate surface area is 160 Å². The van der Waals surface area contributed by atoms with Gasteiger partial charge in [0.05, 0.1) is 7.11 Å². The second-order valence-corrected chi connectivity index (χ2v) is 7.75.